The van der Waals surface area contributed by atoms with Crippen LogP contribution >= 0.6 is 11.8 Å². The number of aliphatic hydroxyl groups is 2. The largest absolute Gasteiger partial charge is 0.394 e. The van der Waals surface area contributed by atoms with Crippen LogP contribution in [0.3, 0.4) is 0 Å². The molecule has 0 bridgehead atoms. The molecular weight excluding hydrogens is 606 g/mol. The van der Waals surface area contributed by atoms with Crippen LogP contribution in [-0.2, 0) is 29.3 Å². The Morgan fingerprint density at radius 3 is 2.27 bits per heavy atom. The summed E-state index contributed by atoms with van der Waals surface area (Å²) in [4.78, 5) is 56.2. The topological polar surface area (TPSA) is 196 Å². The molecule has 3 aromatic rings. The molecule has 4 rings (SSSR count). The van der Waals surface area contributed by atoms with Gasteiger partial charge in [0, 0.05) is 46.6 Å². The van der Waals surface area contributed by atoms with Crippen LogP contribution in [0.25, 0.3) is 10.4 Å². The second-order valence-electron chi connectivity index (χ2n) is 10.7. The molecule has 1 aromatic carbocycles. The summed E-state index contributed by atoms with van der Waals surface area (Å²) in [5.41, 5.74) is 7.63. The predicted octanol–water partition coefficient (Wildman–Crippen LogP) is 2.24. The Hall–Kier alpha value is -3.92. The molecule has 2 aromatic heterocycles. The van der Waals surface area contributed by atoms with E-state index in [0.29, 0.717) is 41.8 Å². The summed E-state index contributed by atoms with van der Waals surface area (Å²) in [6.45, 7) is 2.41. The zero-order valence-electron chi connectivity index (χ0n) is 25.1. The smallest absolute Gasteiger partial charge is 0.333 e. The molecule has 2 N–H and O–H groups in total. The molecule has 0 radical (unpaired) electrons. The molecule has 0 spiro atoms. The molecule has 3 heterocycles. The molecule has 15 nitrogen and oxygen atoms in total. The lowest BCUT2D eigenvalue weighted by molar-refractivity contribution is -0.0404. The molecule has 242 valence electrons. The van der Waals surface area contributed by atoms with E-state index in [1.807, 2.05) is 30.3 Å². The third kappa shape index (κ3) is 7.84. The van der Waals surface area contributed by atoms with Gasteiger partial charge in [-0.3, -0.25) is 27.9 Å². The first-order chi connectivity index (χ1) is 21.7. The Bertz CT molecular complexity index is 1760. The van der Waals surface area contributed by atoms with Gasteiger partial charge in [0.05, 0.1) is 23.8 Å². The maximum absolute atomic E-state index is 13.3. The monoisotopic (exact) mass is 643 g/mol. The first-order valence-electron chi connectivity index (χ1n) is 14.6. The van der Waals surface area contributed by atoms with Crippen molar-refractivity contribution in [2.24, 2.45) is 5.11 Å². The standard InChI is InChI=1S/C29H37N7O8S/c1-19-15-35(24-14-22(31-32-30)23(16-37)44-24)28(41)33(25(19)39)12-8-3-4-9-13-34-26(40)20(2)27(36(29(34)42)17-43-18-38)45-21-10-6-5-7-11-21/h5-7,10-11,15,22-24,37-38H,3-4,8-9,12-14,16-18H2,1-2H3. The van der Waals surface area contributed by atoms with Crippen LogP contribution in [0.5, 0.6) is 0 Å². The van der Waals surface area contributed by atoms with Crippen molar-refractivity contribution in [3.8, 4) is 0 Å². The molecule has 45 heavy (non-hydrogen) atoms. The van der Waals surface area contributed by atoms with E-state index in [1.165, 1.54) is 31.7 Å². The van der Waals surface area contributed by atoms with Crippen molar-refractivity contribution in [2.75, 3.05) is 13.4 Å². The number of nitrogens with zero attached hydrogens (tertiary/aromatic N) is 7. The fourth-order valence-electron chi connectivity index (χ4n) is 5.28. The quantitative estimate of drug-likeness (QED) is 0.0623. The van der Waals surface area contributed by atoms with Crippen molar-refractivity contribution < 1.29 is 19.7 Å². The van der Waals surface area contributed by atoms with E-state index in [4.69, 9.17) is 15.0 Å². The van der Waals surface area contributed by atoms with Crippen molar-refractivity contribution in [3.05, 3.63) is 99.8 Å². The van der Waals surface area contributed by atoms with Crippen molar-refractivity contribution in [1.29, 1.82) is 0 Å². The number of hydrogen-bond acceptors (Lipinski definition) is 10. The van der Waals surface area contributed by atoms with E-state index in [2.05, 4.69) is 10.0 Å². The molecule has 0 amide bonds. The lowest BCUT2D eigenvalue weighted by Gasteiger charge is -2.18. The van der Waals surface area contributed by atoms with Gasteiger partial charge in [0.2, 0.25) is 0 Å². The number of aryl methyl sites for hydroxylation is 1. The Kier molecular flexibility index (Phi) is 12.0. The molecule has 0 saturated carbocycles. The number of aliphatic hydroxyl groups excluding tert-OH is 2. The van der Waals surface area contributed by atoms with Gasteiger partial charge in [0.25, 0.3) is 11.1 Å². The summed E-state index contributed by atoms with van der Waals surface area (Å²) >= 11 is 1.27. The minimum absolute atomic E-state index is 0.158. The first kappa shape index (κ1) is 34.0. The van der Waals surface area contributed by atoms with Gasteiger partial charge >= 0.3 is 11.4 Å². The van der Waals surface area contributed by atoms with Gasteiger partial charge in [-0.15, -0.1) is 0 Å². The van der Waals surface area contributed by atoms with Crippen molar-refractivity contribution in [1.82, 2.24) is 18.3 Å². The lowest BCUT2D eigenvalue weighted by atomic mass is 10.1. The maximum Gasteiger partial charge on any atom is 0.333 e. The Morgan fingerprint density at radius 1 is 0.978 bits per heavy atom. The van der Waals surface area contributed by atoms with Gasteiger partial charge in [-0.25, -0.2) is 9.59 Å². The number of ether oxygens (including phenoxy) is 2. The van der Waals surface area contributed by atoms with Crippen LogP contribution in [0.4, 0.5) is 0 Å². The van der Waals surface area contributed by atoms with E-state index in [1.54, 1.807) is 13.8 Å². The highest BCUT2D eigenvalue weighted by Gasteiger charge is 2.36. The maximum atomic E-state index is 13.3. The van der Waals surface area contributed by atoms with Crippen LogP contribution in [0.2, 0.25) is 0 Å². The second-order valence-corrected chi connectivity index (χ2v) is 11.7. The fraction of sp³-hybridized carbons (Fsp3) is 0.517. The number of azide groups is 1. The minimum atomic E-state index is -0.790. The molecular formula is C29H37N7O8S. The molecule has 3 unspecified atom stereocenters. The van der Waals surface area contributed by atoms with Gasteiger partial charge in [-0.2, -0.15) is 0 Å². The molecule has 1 saturated heterocycles. The van der Waals surface area contributed by atoms with Gasteiger partial charge in [-0.1, -0.05) is 47.9 Å². The van der Waals surface area contributed by atoms with Crippen LogP contribution in [0, 0.1) is 13.8 Å². The van der Waals surface area contributed by atoms with E-state index in [0.717, 1.165) is 9.46 Å². The zero-order valence-corrected chi connectivity index (χ0v) is 26.0. The summed E-state index contributed by atoms with van der Waals surface area (Å²) < 4.78 is 15.8. The zero-order chi connectivity index (χ0) is 32.5. The van der Waals surface area contributed by atoms with E-state index >= 15 is 0 Å². The highest BCUT2D eigenvalue weighted by Crippen LogP contribution is 2.30. The number of hydrogen-bond donors (Lipinski definition) is 2. The van der Waals surface area contributed by atoms with E-state index in [-0.39, 0.29) is 32.8 Å². The third-order valence-electron chi connectivity index (χ3n) is 7.64. The molecule has 0 aliphatic carbocycles. The van der Waals surface area contributed by atoms with Crippen LogP contribution in [0.15, 0.2) is 70.7 Å². The number of benzene rings is 1. The summed E-state index contributed by atoms with van der Waals surface area (Å²) in [5, 5.41) is 22.8. The average Bonchev–Trinajstić information content (AvgIpc) is 3.45. The fourth-order valence-corrected chi connectivity index (χ4v) is 6.28. The van der Waals surface area contributed by atoms with Gasteiger partial charge < -0.3 is 19.7 Å². The third-order valence-corrected chi connectivity index (χ3v) is 8.87. The minimum Gasteiger partial charge on any atom is -0.394 e. The highest BCUT2D eigenvalue weighted by atomic mass is 32.2. The second kappa shape index (κ2) is 15.9. The van der Waals surface area contributed by atoms with Crippen molar-refractivity contribution >= 4 is 11.8 Å². The Labute approximate surface area is 261 Å². The number of aromatic nitrogens is 4. The van der Waals surface area contributed by atoms with Gasteiger partial charge in [0.1, 0.15) is 19.8 Å². The van der Waals surface area contributed by atoms with E-state index in [9.17, 15) is 29.4 Å². The summed E-state index contributed by atoms with van der Waals surface area (Å²) in [5.74, 6) is 0. The van der Waals surface area contributed by atoms with E-state index < -0.39 is 47.7 Å². The normalized spacial score (nSPS) is 17.8. The average molecular weight is 644 g/mol. The van der Waals surface area contributed by atoms with Crippen LogP contribution in [0.1, 0.15) is 49.5 Å². The highest BCUT2D eigenvalue weighted by molar-refractivity contribution is 7.99. The number of rotatable bonds is 15. The van der Waals surface area contributed by atoms with Crippen LogP contribution < -0.4 is 22.5 Å². The molecule has 1 aliphatic heterocycles. The summed E-state index contributed by atoms with van der Waals surface area (Å²) in [6, 6.07) is 8.68. The van der Waals surface area contributed by atoms with Crippen molar-refractivity contribution in [2.45, 2.75) is 94.1 Å². The molecule has 1 aliphatic rings. The molecule has 1 fully saturated rings. The van der Waals surface area contributed by atoms with Gasteiger partial charge in [0.15, 0.2) is 0 Å². The SMILES string of the molecule is Cc1cn(C2CC(N=[N+]=[N-])C(CO)O2)c(=O)n(CCCCCCn2c(=O)c(C)c(Sc3ccccc3)n(COCO)c2=O)c1=O. The lowest BCUT2D eigenvalue weighted by Crippen LogP contribution is -2.42. The summed E-state index contributed by atoms with van der Waals surface area (Å²) in [6.07, 6.45) is 2.33. The molecule has 3 atom stereocenters. The summed E-state index contributed by atoms with van der Waals surface area (Å²) in [7, 11) is 0. The Morgan fingerprint density at radius 2 is 1.64 bits per heavy atom. The molecule has 16 heteroatoms. The van der Waals surface area contributed by atoms with Gasteiger partial charge in [-0.05, 0) is 44.4 Å². The Balaban J connectivity index is 1.41. The predicted molar refractivity (Wildman–Crippen MR) is 165 cm³/mol. The first-order valence-corrected chi connectivity index (χ1v) is 15.4. The number of unbranched alkanes of at least 4 members (excludes halogenated alkanes) is 3. The van der Waals surface area contributed by atoms with Crippen molar-refractivity contribution in [3.63, 3.8) is 0 Å². The van der Waals surface area contributed by atoms with Crippen LogP contribution in [-0.4, -0.2) is 54.0 Å².